The van der Waals surface area contributed by atoms with E-state index in [0.717, 1.165) is 44.1 Å². The Morgan fingerprint density at radius 3 is 2.53 bits per heavy atom. The van der Waals surface area contributed by atoms with Gasteiger partial charge in [0.2, 0.25) is 0 Å². The largest absolute Gasteiger partial charge is 0.417 e. The lowest BCUT2D eigenvalue weighted by Gasteiger charge is -2.11. The Bertz CT molecular complexity index is 415. The highest BCUT2D eigenvalue weighted by Crippen LogP contribution is 2.32. The van der Waals surface area contributed by atoms with Crippen LogP contribution in [0.3, 0.4) is 0 Å². The minimum atomic E-state index is -4.50. The maximum absolute atomic E-state index is 12.7. The molecule has 0 bridgehead atoms. The maximum Gasteiger partial charge on any atom is 0.417 e. The van der Waals surface area contributed by atoms with Crippen molar-refractivity contribution in [3.8, 4) is 0 Å². The molecule has 0 N–H and O–H groups in total. The summed E-state index contributed by atoms with van der Waals surface area (Å²) in [6, 6.07) is 0.852. The van der Waals surface area contributed by atoms with E-state index in [1.807, 2.05) is 0 Å². The van der Waals surface area contributed by atoms with E-state index < -0.39 is 17.5 Å². The second-order valence-electron chi connectivity index (χ2n) is 4.51. The van der Waals surface area contributed by atoms with Gasteiger partial charge in [-0.2, -0.15) is 13.2 Å². The third kappa shape index (κ3) is 5.01. The number of hydrogen-bond donors (Lipinski definition) is 0. The van der Waals surface area contributed by atoms with Gasteiger partial charge in [0, 0.05) is 24.4 Å². The summed E-state index contributed by atoms with van der Waals surface area (Å²) in [7, 11) is 0. The second kappa shape index (κ2) is 7.26. The first-order valence-corrected chi connectivity index (χ1v) is 6.51. The van der Waals surface area contributed by atoms with E-state index in [1.165, 1.54) is 0 Å². The molecule has 0 aliphatic carbocycles. The molecule has 0 aliphatic rings. The van der Waals surface area contributed by atoms with Gasteiger partial charge in [-0.05, 0) is 12.5 Å². The summed E-state index contributed by atoms with van der Waals surface area (Å²) in [4.78, 5) is 15.4. The monoisotopic (exact) mass is 273 g/mol. The van der Waals surface area contributed by atoms with Gasteiger partial charge in [-0.15, -0.1) is 0 Å². The lowest BCUT2D eigenvalue weighted by Crippen LogP contribution is -2.13. The van der Waals surface area contributed by atoms with Gasteiger partial charge in [0.15, 0.2) is 5.78 Å². The molecule has 0 fully saturated rings. The lowest BCUT2D eigenvalue weighted by atomic mass is 10.0. The summed E-state index contributed by atoms with van der Waals surface area (Å²) in [6.07, 6.45) is 2.42. The minimum absolute atomic E-state index is 0.151. The van der Waals surface area contributed by atoms with Crippen LogP contribution in [0.4, 0.5) is 13.2 Å². The molecule has 1 aromatic heterocycles. The number of pyridine rings is 1. The molecule has 0 saturated carbocycles. The summed E-state index contributed by atoms with van der Waals surface area (Å²) >= 11 is 0. The highest BCUT2D eigenvalue weighted by molar-refractivity contribution is 5.97. The molecule has 0 amide bonds. The zero-order valence-electron chi connectivity index (χ0n) is 11.0. The van der Waals surface area contributed by atoms with Gasteiger partial charge in [-0.3, -0.25) is 9.78 Å². The van der Waals surface area contributed by atoms with Gasteiger partial charge in [0.1, 0.15) is 0 Å². The predicted octanol–water partition coefficient (Wildman–Crippen LogP) is 4.64. The molecule has 106 valence electrons. The van der Waals surface area contributed by atoms with E-state index >= 15 is 0 Å². The van der Waals surface area contributed by atoms with Crippen molar-refractivity contribution in [1.29, 1.82) is 0 Å². The number of aromatic nitrogens is 1. The summed E-state index contributed by atoms with van der Waals surface area (Å²) in [6.45, 7) is 2.08. The summed E-state index contributed by atoms with van der Waals surface area (Å²) in [5.41, 5.74) is -1.20. The number of Topliss-reactive ketones (excluding diaryl/α,β-unsaturated/α-hetero) is 1. The summed E-state index contributed by atoms with van der Waals surface area (Å²) < 4.78 is 38.2. The van der Waals surface area contributed by atoms with Crippen LogP contribution >= 0.6 is 0 Å². The third-order valence-corrected chi connectivity index (χ3v) is 2.93. The molecular weight excluding hydrogens is 255 g/mol. The van der Waals surface area contributed by atoms with E-state index in [9.17, 15) is 18.0 Å². The van der Waals surface area contributed by atoms with Crippen molar-refractivity contribution in [1.82, 2.24) is 4.98 Å². The van der Waals surface area contributed by atoms with Gasteiger partial charge >= 0.3 is 6.18 Å². The molecule has 5 heteroatoms. The van der Waals surface area contributed by atoms with Crippen molar-refractivity contribution in [2.45, 2.75) is 51.6 Å². The predicted molar refractivity (Wildman–Crippen MR) is 66.9 cm³/mol. The molecule has 0 spiro atoms. The number of nitrogens with zero attached hydrogens (tertiary/aromatic N) is 1. The topological polar surface area (TPSA) is 30.0 Å². The Kier molecular flexibility index (Phi) is 5.99. The highest BCUT2D eigenvalue weighted by Gasteiger charge is 2.34. The molecule has 0 aromatic carbocycles. The summed E-state index contributed by atoms with van der Waals surface area (Å²) in [5, 5.41) is 0. The van der Waals surface area contributed by atoms with Crippen molar-refractivity contribution in [2.24, 2.45) is 0 Å². The van der Waals surface area contributed by atoms with Crippen LogP contribution in [0.15, 0.2) is 18.5 Å². The molecule has 19 heavy (non-hydrogen) atoms. The van der Waals surface area contributed by atoms with Gasteiger partial charge in [-0.1, -0.05) is 32.6 Å². The van der Waals surface area contributed by atoms with Crippen LogP contribution < -0.4 is 0 Å². The molecule has 1 rings (SSSR count). The fourth-order valence-corrected chi connectivity index (χ4v) is 1.89. The first-order valence-electron chi connectivity index (χ1n) is 6.51. The quantitative estimate of drug-likeness (QED) is 0.535. The number of ketones is 1. The molecule has 1 aromatic rings. The average molecular weight is 273 g/mol. The number of unbranched alkanes of at least 4 members (excludes halogenated alkanes) is 4. The van der Waals surface area contributed by atoms with E-state index in [-0.39, 0.29) is 12.0 Å². The SMILES string of the molecule is CCCCCCCC(=O)c1cnccc1C(F)(F)F. The van der Waals surface area contributed by atoms with E-state index in [2.05, 4.69) is 11.9 Å². The fraction of sp³-hybridized carbons (Fsp3) is 0.571. The van der Waals surface area contributed by atoms with Crippen LogP contribution in [0.25, 0.3) is 0 Å². The Morgan fingerprint density at radius 2 is 1.89 bits per heavy atom. The van der Waals surface area contributed by atoms with Crippen molar-refractivity contribution < 1.29 is 18.0 Å². The van der Waals surface area contributed by atoms with Gasteiger partial charge in [0.25, 0.3) is 0 Å². The van der Waals surface area contributed by atoms with E-state index in [1.54, 1.807) is 0 Å². The zero-order valence-corrected chi connectivity index (χ0v) is 11.0. The van der Waals surface area contributed by atoms with Gasteiger partial charge in [0.05, 0.1) is 5.56 Å². The second-order valence-corrected chi connectivity index (χ2v) is 4.51. The maximum atomic E-state index is 12.7. The Labute approximate surface area is 111 Å². The van der Waals surface area contributed by atoms with Crippen molar-refractivity contribution >= 4 is 5.78 Å². The normalized spacial score (nSPS) is 11.6. The van der Waals surface area contributed by atoms with Crippen molar-refractivity contribution in [3.05, 3.63) is 29.6 Å². The third-order valence-electron chi connectivity index (χ3n) is 2.93. The number of hydrogen-bond acceptors (Lipinski definition) is 2. The zero-order chi connectivity index (χ0) is 14.3. The summed E-state index contributed by atoms with van der Waals surface area (Å²) in [5.74, 6) is -0.475. The van der Waals surface area contributed by atoms with Gasteiger partial charge < -0.3 is 0 Å². The molecule has 1 heterocycles. The first-order chi connectivity index (χ1) is 8.96. The first kappa shape index (κ1) is 15.7. The molecule has 0 aliphatic heterocycles. The van der Waals surface area contributed by atoms with Gasteiger partial charge in [-0.25, -0.2) is 0 Å². The lowest BCUT2D eigenvalue weighted by molar-refractivity contribution is -0.138. The molecule has 0 radical (unpaired) electrons. The highest BCUT2D eigenvalue weighted by atomic mass is 19.4. The Balaban J connectivity index is 2.62. The minimum Gasteiger partial charge on any atom is -0.294 e. The van der Waals surface area contributed by atoms with Crippen molar-refractivity contribution in [2.75, 3.05) is 0 Å². The van der Waals surface area contributed by atoms with Crippen molar-refractivity contribution in [3.63, 3.8) is 0 Å². The number of halogens is 3. The Hall–Kier alpha value is -1.39. The van der Waals surface area contributed by atoms with Crippen LogP contribution in [0.1, 0.15) is 61.4 Å². The number of carbonyl (C=O) groups excluding carboxylic acids is 1. The molecule has 0 atom stereocenters. The van der Waals surface area contributed by atoms with Crippen LogP contribution in [0.5, 0.6) is 0 Å². The van der Waals surface area contributed by atoms with E-state index in [4.69, 9.17) is 0 Å². The van der Waals surface area contributed by atoms with Crippen LogP contribution in [0, 0.1) is 0 Å². The molecular formula is C14H18F3NO. The smallest absolute Gasteiger partial charge is 0.294 e. The molecule has 0 saturated heterocycles. The molecule has 0 unspecified atom stereocenters. The average Bonchev–Trinajstić information content (AvgIpc) is 2.37. The van der Waals surface area contributed by atoms with Crippen LogP contribution in [-0.2, 0) is 6.18 Å². The van der Waals surface area contributed by atoms with Crippen LogP contribution in [-0.4, -0.2) is 10.8 Å². The van der Waals surface area contributed by atoms with E-state index in [0.29, 0.717) is 6.42 Å². The number of carbonyl (C=O) groups is 1. The number of alkyl halides is 3. The molecule has 2 nitrogen and oxygen atoms in total. The number of rotatable bonds is 7. The van der Waals surface area contributed by atoms with Crippen LogP contribution in [0.2, 0.25) is 0 Å². The fourth-order valence-electron chi connectivity index (χ4n) is 1.89. The standard InChI is InChI=1S/C14H18F3NO/c1-2-3-4-5-6-7-13(19)11-10-18-9-8-12(11)14(15,16)17/h8-10H,2-7H2,1H3. The Morgan fingerprint density at radius 1 is 1.21 bits per heavy atom.